The molecule has 0 aromatic heterocycles. The highest BCUT2D eigenvalue weighted by atomic mass is 16.5. The molecule has 0 fully saturated rings. The molecule has 0 amide bonds. The van der Waals surface area contributed by atoms with E-state index in [1.165, 1.54) is 25.7 Å². The standard InChI is InChI=1S/C9H18O/c1-3-4-5-6-7-8-9-10-2/h8-9H,3-7H2,1-2H3/b9-8-. The molecule has 0 aromatic rings. The highest BCUT2D eigenvalue weighted by Crippen LogP contribution is 2.02. The lowest BCUT2D eigenvalue weighted by molar-refractivity contribution is 0.336. The Balaban J connectivity index is 2.83. The molecule has 0 radical (unpaired) electrons. The van der Waals surface area contributed by atoms with E-state index in [9.17, 15) is 0 Å². The number of hydrogen-bond donors (Lipinski definition) is 0. The monoisotopic (exact) mass is 142 g/mol. The minimum absolute atomic E-state index is 1.16. The van der Waals surface area contributed by atoms with Crippen LogP contribution in [-0.4, -0.2) is 7.11 Å². The molecule has 0 heterocycles. The van der Waals surface area contributed by atoms with Crippen molar-refractivity contribution in [3.8, 4) is 0 Å². The fourth-order valence-electron chi connectivity index (χ4n) is 0.853. The summed E-state index contributed by atoms with van der Waals surface area (Å²) in [5.74, 6) is 0. The zero-order chi connectivity index (χ0) is 7.66. The summed E-state index contributed by atoms with van der Waals surface area (Å²) in [4.78, 5) is 0. The van der Waals surface area contributed by atoms with E-state index in [1.54, 1.807) is 13.4 Å². The SMILES string of the molecule is CCCCCC/C=C\OC. The van der Waals surface area contributed by atoms with Gasteiger partial charge in [0.2, 0.25) is 0 Å². The maximum atomic E-state index is 4.77. The van der Waals surface area contributed by atoms with Crippen molar-refractivity contribution >= 4 is 0 Å². The van der Waals surface area contributed by atoms with E-state index < -0.39 is 0 Å². The van der Waals surface area contributed by atoms with Gasteiger partial charge in [0.15, 0.2) is 0 Å². The molecule has 0 saturated heterocycles. The van der Waals surface area contributed by atoms with Gasteiger partial charge < -0.3 is 4.74 Å². The molecule has 0 aromatic carbocycles. The van der Waals surface area contributed by atoms with E-state index in [1.807, 2.05) is 0 Å². The summed E-state index contributed by atoms with van der Waals surface area (Å²) in [6.07, 6.45) is 10.3. The van der Waals surface area contributed by atoms with Crippen LogP contribution in [0.15, 0.2) is 12.3 Å². The first-order chi connectivity index (χ1) is 4.91. The van der Waals surface area contributed by atoms with E-state index in [-0.39, 0.29) is 0 Å². The van der Waals surface area contributed by atoms with Crippen LogP contribution in [0, 0.1) is 0 Å². The summed E-state index contributed by atoms with van der Waals surface area (Å²) in [5.41, 5.74) is 0. The highest BCUT2D eigenvalue weighted by molar-refractivity contribution is 4.72. The molecule has 1 heteroatoms. The number of allylic oxidation sites excluding steroid dienone is 1. The normalized spacial score (nSPS) is 10.6. The predicted molar refractivity (Wildman–Crippen MR) is 44.9 cm³/mol. The van der Waals surface area contributed by atoms with Gasteiger partial charge >= 0.3 is 0 Å². The maximum Gasteiger partial charge on any atom is 0.0784 e. The number of unbranched alkanes of at least 4 members (excludes halogenated alkanes) is 4. The molecule has 0 aliphatic carbocycles. The maximum absolute atomic E-state index is 4.77. The van der Waals surface area contributed by atoms with Crippen LogP contribution in [0.5, 0.6) is 0 Å². The van der Waals surface area contributed by atoms with Crippen LogP contribution in [-0.2, 0) is 4.74 Å². The first-order valence-electron chi connectivity index (χ1n) is 4.09. The van der Waals surface area contributed by atoms with Crippen molar-refractivity contribution in [2.45, 2.75) is 39.0 Å². The van der Waals surface area contributed by atoms with Crippen molar-refractivity contribution in [3.05, 3.63) is 12.3 Å². The van der Waals surface area contributed by atoms with Crippen LogP contribution in [0.4, 0.5) is 0 Å². The quantitative estimate of drug-likeness (QED) is 0.409. The molecule has 0 aliphatic heterocycles. The third-order valence-electron chi connectivity index (χ3n) is 1.46. The molecular formula is C9H18O. The van der Waals surface area contributed by atoms with Gasteiger partial charge in [-0.3, -0.25) is 0 Å². The Labute approximate surface area is 64.1 Å². The van der Waals surface area contributed by atoms with Crippen molar-refractivity contribution in [2.24, 2.45) is 0 Å². The summed E-state index contributed by atoms with van der Waals surface area (Å²) >= 11 is 0. The molecule has 0 saturated carbocycles. The van der Waals surface area contributed by atoms with Gasteiger partial charge in [0.25, 0.3) is 0 Å². The lowest BCUT2D eigenvalue weighted by Gasteiger charge is -1.93. The predicted octanol–water partition coefficient (Wildman–Crippen LogP) is 3.12. The van der Waals surface area contributed by atoms with Crippen molar-refractivity contribution in [1.29, 1.82) is 0 Å². The molecule has 0 bridgehead atoms. The second kappa shape index (κ2) is 8.54. The Morgan fingerprint density at radius 3 is 2.60 bits per heavy atom. The molecule has 0 spiro atoms. The van der Waals surface area contributed by atoms with E-state index in [0.717, 1.165) is 6.42 Å². The molecule has 0 N–H and O–H groups in total. The Kier molecular flexibility index (Phi) is 8.15. The third kappa shape index (κ3) is 7.54. The Morgan fingerprint density at radius 2 is 2.00 bits per heavy atom. The van der Waals surface area contributed by atoms with Crippen LogP contribution in [0.2, 0.25) is 0 Å². The number of ether oxygens (including phenoxy) is 1. The third-order valence-corrected chi connectivity index (χ3v) is 1.46. The fourth-order valence-corrected chi connectivity index (χ4v) is 0.853. The van der Waals surface area contributed by atoms with Gasteiger partial charge in [0, 0.05) is 0 Å². The average molecular weight is 142 g/mol. The van der Waals surface area contributed by atoms with Crippen molar-refractivity contribution < 1.29 is 4.74 Å². The zero-order valence-corrected chi connectivity index (χ0v) is 7.10. The minimum Gasteiger partial charge on any atom is -0.505 e. The van der Waals surface area contributed by atoms with E-state index in [0.29, 0.717) is 0 Å². The number of methoxy groups -OCH3 is 1. The van der Waals surface area contributed by atoms with Gasteiger partial charge in [-0.2, -0.15) is 0 Å². The second-order valence-electron chi connectivity index (χ2n) is 2.46. The average Bonchev–Trinajstić information content (AvgIpc) is 1.97. The van der Waals surface area contributed by atoms with Gasteiger partial charge in [-0.15, -0.1) is 0 Å². The van der Waals surface area contributed by atoms with Gasteiger partial charge in [-0.05, 0) is 18.9 Å². The summed E-state index contributed by atoms with van der Waals surface area (Å²) < 4.78 is 4.77. The molecule has 0 rings (SSSR count). The molecular weight excluding hydrogens is 124 g/mol. The van der Waals surface area contributed by atoms with Crippen molar-refractivity contribution in [3.63, 3.8) is 0 Å². The Bertz CT molecular complexity index is 76.8. The topological polar surface area (TPSA) is 9.23 Å². The molecule has 0 aliphatic rings. The van der Waals surface area contributed by atoms with Gasteiger partial charge in [-0.1, -0.05) is 26.2 Å². The van der Waals surface area contributed by atoms with E-state index in [4.69, 9.17) is 4.74 Å². The lowest BCUT2D eigenvalue weighted by Crippen LogP contribution is -1.74. The van der Waals surface area contributed by atoms with Gasteiger partial charge in [-0.25, -0.2) is 0 Å². The number of hydrogen-bond acceptors (Lipinski definition) is 1. The first-order valence-corrected chi connectivity index (χ1v) is 4.09. The lowest BCUT2D eigenvalue weighted by atomic mass is 10.2. The smallest absolute Gasteiger partial charge is 0.0784 e. The summed E-state index contributed by atoms with van der Waals surface area (Å²) in [5, 5.41) is 0. The molecule has 1 nitrogen and oxygen atoms in total. The van der Waals surface area contributed by atoms with E-state index >= 15 is 0 Å². The molecule has 10 heavy (non-hydrogen) atoms. The first kappa shape index (κ1) is 9.54. The Hall–Kier alpha value is -0.460. The van der Waals surface area contributed by atoms with Crippen LogP contribution < -0.4 is 0 Å². The van der Waals surface area contributed by atoms with Crippen LogP contribution >= 0.6 is 0 Å². The van der Waals surface area contributed by atoms with Crippen molar-refractivity contribution in [2.75, 3.05) is 7.11 Å². The van der Waals surface area contributed by atoms with Crippen LogP contribution in [0.25, 0.3) is 0 Å². The zero-order valence-electron chi connectivity index (χ0n) is 7.10. The Morgan fingerprint density at radius 1 is 1.20 bits per heavy atom. The molecule has 60 valence electrons. The summed E-state index contributed by atoms with van der Waals surface area (Å²) in [6, 6.07) is 0. The largest absolute Gasteiger partial charge is 0.505 e. The minimum atomic E-state index is 1.16. The summed E-state index contributed by atoms with van der Waals surface area (Å²) in [7, 11) is 1.68. The van der Waals surface area contributed by atoms with Crippen molar-refractivity contribution in [1.82, 2.24) is 0 Å². The number of rotatable bonds is 6. The summed E-state index contributed by atoms with van der Waals surface area (Å²) in [6.45, 7) is 2.23. The van der Waals surface area contributed by atoms with Gasteiger partial charge in [0.1, 0.15) is 0 Å². The fraction of sp³-hybridized carbons (Fsp3) is 0.778. The second-order valence-corrected chi connectivity index (χ2v) is 2.46. The highest BCUT2D eigenvalue weighted by Gasteiger charge is 1.83. The van der Waals surface area contributed by atoms with Crippen LogP contribution in [0.1, 0.15) is 39.0 Å². The van der Waals surface area contributed by atoms with Crippen LogP contribution in [0.3, 0.4) is 0 Å². The molecule has 0 unspecified atom stereocenters. The van der Waals surface area contributed by atoms with Gasteiger partial charge in [0.05, 0.1) is 13.4 Å². The molecule has 0 atom stereocenters. The van der Waals surface area contributed by atoms with E-state index in [2.05, 4.69) is 13.0 Å².